The van der Waals surface area contributed by atoms with Gasteiger partial charge in [0.15, 0.2) is 0 Å². The van der Waals surface area contributed by atoms with Gasteiger partial charge in [0.2, 0.25) is 0 Å². The van der Waals surface area contributed by atoms with Crippen molar-refractivity contribution in [3.05, 3.63) is 0 Å². The highest BCUT2D eigenvalue weighted by atomic mass is 19.3. The molecular formula is C2F4O2. The first kappa shape index (κ1) is 5.77. The van der Waals surface area contributed by atoms with Crippen molar-refractivity contribution in [2.24, 2.45) is 0 Å². The first-order valence-corrected chi connectivity index (χ1v) is 1.58. The highest BCUT2D eigenvalue weighted by molar-refractivity contribution is 4.68. The van der Waals surface area contributed by atoms with Crippen LogP contribution in [0.3, 0.4) is 0 Å². The van der Waals surface area contributed by atoms with E-state index in [0.29, 0.717) is 0 Å². The van der Waals surface area contributed by atoms with Gasteiger partial charge in [0.25, 0.3) is 0 Å². The van der Waals surface area contributed by atoms with Crippen LogP contribution in [0.25, 0.3) is 0 Å². The summed E-state index contributed by atoms with van der Waals surface area (Å²) < 4.78 is 44.9. The Hall–Kier alpha value is -0.360. The lowest BCUT2D eigenvalue weighted by Gasteiger charge is -2.31. The first-order valence-electron chi connectivity index (χ1n) is 1.58. The Balaban J connectivity index is 2.63. The summed E-state index contributed by atoms with van der Waals surface area (Å²) >= 11 is 0. The Morgan fingerprint density at radius 1 is 0.750 bits per heavy atom. The van der Waals surface area contributed by atoms with E-state index < -0.39 is 12.2 Å². The summed E-state index contributed by atoms with van der Waals surface area (Å²) in [6.45, 7) is 0. The summed E-state index contributed by atoms with van der Waals surface area (Å²) in [5, 5.41) is 0. The average molecular weight is 132 g/mol. The molecule has 48 valence electrons. The normalized spacial score (nSPS) is 31.5. The third-order valence-electron chi connectivity index (χ3n) is 0.590. The van der Waals surface area contributed by atoms with E-state index in [1.165, 1.54) is 0 Å². The van der Waals surface area contributed by atoms with Gasteiger partial charge in [-0.15, -0.1) is 9.78 Å². The summed E-state index contributed by atoms with van der Waals surface area (Å²) in [5.41, 5.74) is 0. The number of alkyl halides is 4. The van der Waals surface area contributed by atoms with Gasteiger partial charge < -0.3 is 0 Å². The van der Waals surface area contributed by atoms with Crippen LogP contribution in [0.5, 0.6) is 0 Å². The topological polar surface area (TPSA) is 18.5 Å². The molecule has 0 radical (unpaired) electrons. The lowest BCUT2D eigenvalue weighted by molar-refractivity contribution is -0.683. The van der Waals surface area contributed by atoms with Crippen LogP contribution in [0.2, 0.25) is 0 Å². The number of rotatable bonds is 0. The zero-order chi connectivity index (χ0) is 6.41. The van der Waals surface area contributed by atoms with E-state index in [9.17, 15) is 17.6 Å². The number of halogens is 4. The highest BCUT2D eigenvalue weighted by Crippen LogP contribution is 2.45. The summed E-state index contributed by atoms with van der Waals surface area (Å²) in [6, 6.07) is 0. The SMILES string of the molecule is FC1(F)OOC1(F)F. The molecule has 0 amide bonds. The predicted molar refractivity (Wildman–Crippen MR) is 12.1 cm³/mol. The second kappa shape index (κ2) is 1.14. The predicted octanol–water partition coefficient (Wildman–Crippen LogP) is 1.13. The molecule has 0 saturated carbocycles. The van der Waals surface area contributed by atoms with Crippen molar-refractivity contribution < 1.29 is 27.3 Å². The van der Waals surface area contributed by atoms with Crippen LogP contribution < -0.4 is 0 Å². The fourth-order valence-electron chi connectivity index (χ4n) is 0.168. The van der Waals surface area contributed by atoms with E-state index in [1.807, 2.05) is 0 Å². The van der Waals surface area contributed by atoms with Crippen molar-refractivity contribution in [2.45, 2.75) is 12.2 Å². The van der Waals surface area contributed by atoms with Crippen LogP contribution in [0.4, 0.5) is 17.6 Å². The molecule has 0 bridgehead atoms. The fraction of sp³-hybridized carbons (Fsp3) is 1.00. The Morgan fingerprint density at radius 3 is 1.00 bits per heavy atom. The monoisotopic (exact) mass is 132 g/mol. The molecule has 0 atom stereocenters. The average Bonchev–Trinajstić information content (AvgIpc) is 1.64. The minimum absolute atomic E-state index is 2.75. The van der Waals surface area contributed by atoms with Crippen LogP contribution >= 0.6 is 0 Å². The van der Waals surface area contributed by atoms with Crippen molar-refractivity contribution in [1.29, 1.82) is 0 Å². The highest BCUT2D eigenvalue weighted by Gasteiger charge is 2.71. The molecule has 0 aliphatic carbocycles. The van der Waals surface area contributed by atoms with Crippen molar-refractivity contribution in [3.63, 3.8) is 0 Å². The maximum absolute atomic E-state index is 11.2. The van der Waals surface area contributed by atoms with Crippen molar-refractivity contribution in [1.82, 2.24) is 0 Å². The zero-order valence-corrected chi connectivity index (χ0v) is 3.33. The molecule has 0 spiro atoms. The second-order valence-corrected chi connectivity index (χ2v) is 1.20. The lowest BCUT2D eigenvalue weighted by Crippen LogP contribution is -2.55. The quantitative estimate of drug-likeness (QED) is 0.363. The summed E-state index contributed by atoms with van der Waals surface area (Å²) in [7, 11) is 0. The Kier molecular flexibility index (Phi) is 0.819. The summed E-state index contributed by atoms with van der Waals surface area (Å²) in [4.78, 5) is 5.50. The Bertz CT molecular complexity index is 96.6. The van der Waals surface area contributed by atoms with Crippen molar-refractivity contribution in [2.75, 3.05) is 0 Å². The van der Waals surface area contributed by atoms with Gasteiger partial charge >= 0.3 is 12.2 Å². The van der Waals surface area contributed by atoms with E-state index in [0.717, 1.165) is 0 Å². The first-order chi connectivity index (χ1) is 3.46. The minimum atomic E-state index is -4.44. The van der Waals surface area contributed by atoms with Crippen molar-refractivity contribution >= 4 is 0 Å². The molecule has 0 aromatic carbocycles. The largest absolute Gasteiger partial charge is 0.477 e. The Labute approximate surface area is 40.9 Å². The smallest absolute Gasteiger partial charge is 0.164 e. The van der Waals surface area contributed by atoms with Crippen molar-refractivity contribution in [3.8, 4) is 0 Å². The zero-order valence-electron chi connectivity index (χ0n) is 3.33. The molecule has 0 aromatic heterocycles. The molecule has 0 aromatic rings. The van der Waals surface area contributed by atoms with Gasteiger partial charge in [0.1, 0.15) is 0 Å². The van der Waals surface area contributed by atoms with Gasteiger partial charge in [-0.25, -0.2) is 0 Å². The molecule has 0 N–H and O–H groups in total. The summed E-state index contributed by atoms with van der Waals surface area (Å²) in [5.74, 6) is 0. The van der Waals surface area contributed by atoms with Gasteiger partial charge in [0.05, 0.1) is 0 Å². The molecule has 1 rings (SSSR count). The molecule has 1 fully saturated rings. The Morgan fingerprint density at radius 2 is 1.00 bits per heavy atom. The van der Waals surface area contributed by atoms with Gasteiger partial charge in [-0.05, 0) is 0 Å². The van der Waals surface area contributed by atoms with E-state index in [1.54, 1.807) is 0 Å². The van der Waals surface area contributed by atoms with Gasteiger partial charge in [-0.3, -0.25) is 0 Å². The van der Waals surface area contributed by atoms with Crippen LogP contribution in [0.15, 0.2) is 0 Å². The molecule has 2 nitrogen and oxygen atoms in total. The summed E-state index contributed by atoms with van der Waals surface area (Å²) in [6.07, 6.45) is -8.88. The van der Waals surface area contributed by atoms with Gasteiger partial charge in [-0.1, -0.05) is 0 Å². The third kappa shape index (κ3) is 0.496. The fourth-order valence-corrected chi connectivity index (χ4v) is 0.168. The maximum Gasteiger partial charge on any atom is 0.477 e. The van der Waals surface area contributed by atoms with E-state index in [4.69, 9.17) is 0 Å². The van der Waals surface area contributed by atoms with Gasteiger partial charge in [-0.2, -0.15) is 17.6 Å². The van der Waals surface area contributed by atoms with Crippen LogP contribution in [-0.2, 0) is 9.78 Å². The third-order valence-corrected chi connectivity index (χ3v) is 0.590. The van der Waals surface area contributed by atoms with Gasteiger partial charge in [0, 0.05) is 0 Å². The molecule has 1 heterocycles. The van der Waals surface area contributed by atoms with Crippen LogP contribution in [-0.4, -0.2) is 12.2 Å². The molecule has 0 unspecified atom stereocenters. The molecular weight excluding hydrogens is 132 g/mol. The van der Waals surface area contributed by atoms with Crippen LogP contribution in [0, 0.1) is 0 Å². The van der Waals surface area contributed by atoms with E-state index in [-0.39, 0.29) is 0 Å². The molecule has 6 heteroatoms. The van der Waals surface area contributed by atoms with E-state index >= 15 is 0 Å². The molecule has 1 aliphatic heterocycles. The lowest BCUT2D eigenvalue weighted by atomic mass is 10.6. The molecule has 8 heavy (non-hydrogen) atoms. The maximum atomic E-state index is 11.2. The molecule has 1 aliphatic rings. The second-order valence-electron chi connectivity index (χ2n) is 1.20. The van der Waals surface area contributed by atoms with E-state index in [2.05, 4.69) is 9.78 Å². The number of hydrogen-bond acceptors (Lipinski definition) is 2. The van der Waals surface area contributed by atoms with Crippen LogP contribution in [0.1, 0.15) is 0 Å². The number of hydrogen-bond donors (Lipinski definition) is 0. The molecule has 1 saturated heterocycles. The standard InChI is InChI=1S/C2F4O2/c3-1(4)2(5,6)8-7-1. The minimum Gasteiger partial charge on any atom is -0.164 e.